The molecule has 1 atom stereocenters. The number of carbonyl (C=O) groups excluding carboxylic acids is 1. The number of aliphatic carboxylic acids is 1. The third kappa shape index (κ3) is 3.83. The lowest BCUT2D eigenvalue weighted by Crippen LogP contribution is -2.34. The van der Waals surface area contributed by atoms with Gasteiger partial charge in [0.2, 0.25) is 0 Å². The average Bonchev–Trinajstić information content (AvgIpc) is 3.18. The normalized spacial score (nSPS) is 19.6. The zero-order valence-corrected chi connectivity index (χ0v) is 16.1. The van der Waals surface area contributed by atoms with Crippen LogP contribution in [0.1, 0.15) is 33.7 Å². The minimum absolute atomic E-state index is 0.164. The molecule has 0 unspecified atom stereocenters. The lowest BCUT2D eigenvalue weighted by Gasteiger charge is -2.19. The Kier molecular flexibility index (Phi) is 5.20. The zero-order chi connectivity index (χ0) is 18.9. The SMILES string of the molecule is Cc1nc(COc2ccc(Cl)cc2)sc1C(=O)N1CC[C@@](C)(C(=O)O)C1. The van der Waals surface area contributed by atoms with Gasteiger partial charge in [0, 0.05) is 18.1 Å². The smallest absolute Gasteiger partial charge is 0.311 e. The van der Waals surface area contributed by atoms with Crippen LogP contribution in [0.25, 0.3) is 0 Å². The number of carbonyl (C=O) groups is 2. The van der Waals surface area contributed by atoms with Crippen molar-refractivity contribution in [3.63, 3.8) is 0 Å². The molecule has 1 amide bonds. The second-order valence-electron chi connectivity index (χ2n) is 6.61. The summed E-state index contributed by atoms with van der Waals surface area (Å²) >= 11 is 7.13. The number of benzene rings is 1. The fourth-order valence-corrected chi connectivity index (χ4v) is 3.91. The van der Waals surface area contributed by atoms with Crippen LogP contribution in [0.3, 0.4) is 0 Å². The summed E-state index contributed by atoms with van der Waals surface area (Å²) in [7, 11) is 0. The Hall–Kier alpha value is -2.12. The standard InChI is InChI=1S/C18H19ClN2O4S/c1-11-15(16(22)21-8-7-18(2,10-21)17(23)24)26-14(20-11)9-25-13-5-3-12(19)4-6-13/h3-6H,7-10H2,1-2H3,(H,23,24)/t18-/m1/s1. The van der Waals surface area contributed by atoms with Crippen LogP contribution in [0, 0.1) is 12.3 Å². The van der Waals surface area contributed by atoms with E-state index in [2.05, 4.69) is 4.98 Å². The minimum Gasteiger partial charge on any atom is -0.486 e. The summed E-state index contributed by atoms with van der Waals surface area (Å²) in [4.78, 5) is 30.7. The number of carboxylic acid groups (broad SMARTS) is 1. The van der Waals surface area contributed by atoms with Gasteiger partial charge in [-0.05, 0) is 44.5 Å². The molecule has 0 spiro atoms. The van der Waals surface area contributed by atoms with Crippen molar-refractivity contribution in [2.24, 2.45) is 5.41 Å². The molecule has 0 bridgehead atoms. The van der Waals surface area contributed by atoms with E-state index in [-0.39, 0.29) is 19.1 Å². The molecular formula is C18H19ClN2O4S. The molecule has 26 heavy (non-hydrogen) atoms. The molecule has 2 heterocycles. The summed E-state index contributed by atoms with van der Waals surface area (Å²) < 4.78 is 5.67. The van der Waals surface area contributed by atoms with Gasteiger partial charge in [0.1, 0.15) is 22.2 Å². The monoisotopic (exact) mass is 394 g/mol. The molecule has 1 aliphatic rings. The Balaban J connectivity index is 1.67. The molecule has 1 fully saturated rings. The maximum Gasteiger partial charge on any atom is 0.311 e. The Morgan fingerprint density at radius 3 is 2.69 bits per heavy atom. The van der Waals surface area contributed by atoms with E-state index >= 15 is 0 Å². The maximum absolute atomic E-state index is 12.8. The van der Waals surface area contributed by atoms with E-state index in [4.69, 9.17) is 16.3 Å². The van der Waals surface area contributed by atoms with Crippen molar-refractivity contribution in [1.82, 2.24) is 9.88 Å². The van der Waals surface area contributed by atoms with Gasteiger partial charge in [-0.1, -0.05) is 11.6 Å². The van der Waals surface area contributed by atoms with Gasteiger partial charge in [-0.2, -0.15) is 0 Å². The lowest BCUT2D eigenvalue weighted by atomic mass is 9.90. The van der Waals surface area contributed by atoms with Crippen molar-refractivity contribution in [2.45, 2.75) is 26.9 Å². The molecule has 1 N–H and O–H groups in total. The van der Waals surface area contributed by atoms with Gasteiger partial charge in [0.05, 0.1) is 11.1 Å². The van der Waals surface area contributed by atoms with Crippen molar-refractivity contribution in [3.05, 3.63) is 44.9 Å². The predicted octanol–water partition coefficient (Wildman–Crippen LogP) is 3.62. The van der Waals surface area contributed by atoms with E-state index in [0.29, 0.717) is 39.3 Å². The van der Waals surface area contributed by atoms with E-state index in [9.17, 15) is 14.7 Å². The van der Waals surface area contributed by atoms with Crippen LogP contribution in [0.4, 0.5) is 0 Å². The van der Waals surface area contributed by atoms with E-state index in [1.165, 1.54) is 11.3 Å². The maximum atomic E-state index is 12.8. The van der Waals surface area contributed by atoms with Crippen LogP contribution < -0.4 is 4.74 Å². The molecule has 6 nitrogen and oxygen atoms in total. The first-order chi connectivity index (χ1) is 12.3. The summed E-state index contributed by atoms with van der Waals surface area (Å²) in [6.07, 6.45) is 0.457. The number of hydrogen-bond acceptors (Lipinski definition) is 5. The van der Waals surface area contributed by atoms with E-state index in [0.717, 1.165) is 0 Å². The van der Waals surface area contributed by atoms with Crippen molar-refractivity contribution >= 4 is 34.8 Å². The first kappa shape index (κ1) is 18.7. The molecule has 0 aliphatic carbocycles. The topological polar surface area (TPSA) is 79.7 Å². The Morgan fingerprint density at radius 1 is 1.38 bits per heavy atom. The highest BCUT2D eigenvalue weighted by molar-refractivity contribution is 7.13. The van der Waals surface area contributed by atoms with Crippen LogP contribution in [-0.2, 0) is 11.4 Å². The number of rotatable bonds is 5. The Morgan fingerprint density at radius 2 is 2.08 bits per heavy atom. The predicted molar refractivity (Wildman–Crippen MR) is 98.9 cm³/mol. The quantitative estimate of drug-likeness (QED) is 0.837. The van der Waals surface area contributed by atoms with E-state index < -0.39 is 11.4 Å². The van der Waals surface area contributed by atoms with Crippen molar-refractivity contribution in [3.8, 4) is 5.75 Å². The molecular weight excluding hydrogens is 376 g/mol. The second kappa shape index (κ2) is 7.25. The van der Waals surface area contributed by atoms with Gasteiger partial charge < -0.3 is 14.7 Å². The third-order valence-electron chi connectivity index (χ3n) is 4.49. The molecule has 0 radical (unpaired) electrons. The van der Waals surface area contributed by atoms with Gasteiger partial charge in [-0.25, -0.2) is 4.98 Å². The molecule has 8 heteroatoms. The molecule has 138 valence electrons. The molecule has 0 saturated carbocycles. The minimum atomic E-state index is -0.880. The number of aryl methyl sites for hydroxylation is 1. The van der Waals surface area contributed by atoms with Crippen LogP contribution in [0.2, 0.25) is 5.02 Å². The number of amides is 1. The highest BCUT2D eigenvalue weighted by Crippen LogP contribution is 2.32. The van der Waals surface area contributed by atoms with Crippen molar-refractivity contribution in [2.75, 3.05) is 13.1 Å². The number of likely N-dealkylation sites (tertiary alicyclic amines) is 1. The summed E-state index contributed by atoms with van der Waals surface area (Å²) in [5, 5.41) is 10.7. The zero-order valence-electron chi connectivity index (χ0n) is 14.5. The highest BCUT2D eigenvalue weighted by atomic mass is 35.5. The molecule has 2 aromatic rings. The third-order valence-corrected chi connectivity index (χ3v) is 5.86. The molecule has 1 saturated heterocycles. The number of aromatic nitrogens is 1. The number of nitrogens with zero attached hydrogens (tertiary/aromatic N) is 2. The van der Waals surface area contributed by atoms with Crippen LogP contribution in [0.15, 0.2) is 24.3 Å². The van der Waals surface area contributed by atoms with Gasteiger partial charge in [0.15, 0.2) is 0 Å². The first-order valence-electron chi connectivity index (χ1n) is 8.16. The number of thiazole rings is 1. The van der Waals surface area contributed by atoms with E-state index in [1.807, 2.05) is 0 Å². The highest BCUT2D eigenvalue weighted by Gasteiger charge is 2.42. The Labute approximate surface area is 160 Å². The fourth-order valence-electron chi connectivity index (χ4n) is 2.84. The first-order valence-corrected chi connectivity index (χ1v) is 9.35. The molecule has 1 aromatic carbocycles. The summed E-state index contributed by atoms with van der Waals surface area (Å²) in [5.41, 5.74) is -0.243. The van der Waals surface area contributed by atoms with Crippen LogP contribution in [-0.4, -0.2) is 40.0 Å². The average molecular weight is 395 g/mol. The number of hydrogen-bond donors (Lipinski definition) is 1. The van der Waals surface area contributed by atoms with Gasteiger partial charge in [0.25, 0.3) is 5.91 Å². The van der Waals surface area contributed by atoms with Crippen LogP contribution >= 0.6 is 22.9 Å². The Bertz CT molecular complexity index is 836. The van der Waals surface area contributed by atoms with E-state index in [1.54, 1.807) is 43.0 Å². The van der Waals surface area contributed by atoms with Crippen molar-refractivity contribution in [1.29, 1.82) is 0 Å². The van der Waals surface area contributed by atoms with Crippen molar-refractivity contribution < 1.29 is 19.4 Å². The number of carboxylic acids is 1. The van der Waals surface area contributed by atoms with Gasteiger partial charge in [-0.3, -0.25) is 9.59 Å². The molecule has 3 rings (SSSR count). The summed E-state index contributed by atoms with van der Waals surface area (Å²) in [5.74, 6) is -0.361. The van der Waals surface area contributed by atoms with Gasteiger partial charge in [-0.15, -0.1) is 11.3 Å². The molecule has 1 aliphatic heterocycles. The largest absolute Gasteiger partial charge is 0.486 e. The number of halogens is 1. The van der Waals surface area contributed by atoms with Crippen LogP contribution in [0.5, 0.6) is 5.75 Å². The van der Waals surface area contributed by atoms with Gasteiger partial charge >= 0.3 is 5.97 Å². The summed E-state index contributed by atoms with van der Waals surface area (Å²) in [6, 6.07) is 7.02. The molecule has 1 aromatic heterocycles. The lowest BCUT2D eigenvalue weighted by molar-refractivity contribution is -0.147. The second-order valence-corrected chi connectivity index (χ2v) is 8.13. The summed E-state index contributed by atoms with van der Waals surface area (Å²) in [6.45, 7) is 4.37. The fraction of sp³-hybridized carbons (Fsp3) is 0.389. The number of ether oxygens (including phenoxy) is 1.